The van der Waals surface area contributed by atoms with Gasteiger partial charge in [-0.2, -0.15) is 0 Å². The highest BCUT2D eigenvalue weighted by Gasteiger charge is 2.23. The summed E-state index contributed by atoms with van der Waals surface area (Å²) in [5.41, 5.74) is 0.142. The molecular formula is C14H16ClFN2O3. The molecule has 1 aromatic carbocycles. The van der Waals surface area contributed by atoms with Gasteiger partial charge >= 0.3 is 5.97 Å². The van der Waals surface area contributed by atoms with E-state index in [4.69, 9.17) is 16.7 Å². The monoisotopic (exact) mass is 314 g/mol. The molecule has 1 fully saturated rings. The summed E-state index contributed by atoms with van der Waals surface area (Å²) >= 11 is 5.83. The van der Waals surface area contributed by atoms with E-state index in [9.17, 15) is 14.0 Å². The van der Waals surface area contributed by atoms with Gasteiger partial charge in [0, 0.05) is 26.2 Å². The summed E-state index contributed by atoms with van der Waals surface area (Å²) in [5.74, 6) is -1.83. The second-order valence-corrected chi connectivity index (χ2v) is 5.29. The van der Waals surface area contributed by atoms with Gasteiger partial charge in [0.25, 0.3) is 5.91 Å². The van der Waals surface area contributed by atoms with Crippen LogP contribution in [0.3, 0.4) is 0 Å². The van der Waals surface area contributed by atoms with Crippen LogP contribution in [0, 0.1) is 5.82 Å². The number of rotatable bonds is 3. The third-order valence-electron chi connectivity index (χ3n) is 3.42. The first-order valence-corrected chi connectivity index (χ1v) is 7.04. The van der Waals surface area contributed by atoms with E-state index in [1.807, 2.05) is 0 Å². The van der Waals surface area contributed by atoms with Crippen molar-refractivity contribution in [3.05, 3.63) is 34.6 Å². The average Bonchev–Trinajstić information content (AvgIpc) is 2.66. The molecular weight excluding hydrogens is 299 g/mol. The van der Waals surface area contributed by atoms with Gasteiger partial charge in [-0.05, 0) is 18.6 Å². The van der Waals surface area contributed by atoms with Crippen molar-refractivity contribution in [2.75, 3.05) is 32.7 Å². The Morgan fingerprint density at radius 1 is 1.24 bits per heavy atom. The molecule has 0 saturated carbocycles. The van der Waals surface area contributed by atoms with E-state index < -0.39 is 11.8 Å². The van der Waals surface area contributed by atoms with E-state index in [-0.39, 0.29) is 23.0 Å². The van der Waals surface area contributed by atoms with Gasteiger partial charge in [-0.1, -0.05) is 17.7 Å². The van der Waals surface area contributed by atoms with Crippen molar-refractivity contribution in [3.8, 4) is 0 Å². The molecule has 0 aliphatic carbocycles. The molecule has 0 bridgehead atoms. The van der Waals surface area contributed by atoms with Gasteiger partial charge in [-0.25, -0.2) is 4.39 Å². The van der Waals surface area contributed by atoms with Gasteiger partial charge in [0.2, 0.25) is 0 Å². The Hall–Kier alpha value is -1.66. The molecule has 1 N–H and O–H groups in total. The molecule has 1 aliphatic rings. The molecule has 1 heterocycles. The molecule has 1 aliphatic heterocycles. The number of carbonyl (C=O) groups excluding carboxylic acids is 1. The van der Waals surface area contributed by atoms with E-state index in [2.05, 4.69) is 0 Å². The molecule has 0 atom stereocenters. The van der Waals surface area contributed by atoms with Crippen molar-refractivity contribution in [3.63, 3.8) is 0 Å². The number of halogens is 2. The minimum atomic E-state index is -0.886. The zero-order chi connectivity index (χ0) is 15.4. The zero-order valence-corrected chi connectivity index (χ0v) is 12.1. The lowest BCUT2D eigenvalue weighted by molar-refractivity contribution is -0.138. The fourth-order valence-electron chi connectivity index (χ4n) is 2.36. The molecule has 2 rings (SSSR count). The van der Waals surface area contributed by atoms with Crippen molar-refractivity contribution < 1.29 is 19.1 Å². The minimum absolute atomic E-state index is 0.0389. The van der Waals surface area contributed by atoms with Gasteiger partial charge in [0.15, 0.2) is 0 Å². The highest BCUT2D eigenvalue weighted by atomic mass is 35.5. The summed E-state index contributed by atoms with van der Waals surface area (Å²) in [6.07, 6.45) is 0.673. The Bertz CT molecular complexity index is 553. The molecule has 5 nitrogen and oxygen atoms in total. The van der Waals surface area contributed by atoms with Crippen LogP contribution >= 0.6 is 11.6 Å². The SMILES string of the molecule is O=C(O)CN1CCCN(C(=O)c2cccc(F)c2Cl)CC1. The lowest BCUT2D eigenvalue weighted by Crippen LogP contribution is -2.36. The standard InChI is InChI=1S/C14H16ClFN2O3/c15-13-10(3-1-4-11(13)16)14(21)18-6-2-5-17(7-8-18)9-12(19)20/h1,3-4H,2,5-9H2,(H,19,20). The maximum Gasteiger partial charge on any atom is 0.317 e. The number of nitrogens with zero attached hydrogens (tertiary/aromatic N) is 2. The second-order valence-electron chi connectivity index (χ2n) is 4.92. The first kappa shape index (κ1) is 15.7. The van der Waals surface area contributed by atoms with Crippen LogP contribution in [0.4, 0.5) is 4.39 Å². The zero-order valence-electron chi connectivity index (χ0n) is 11.4. The lowest BCUT2D eigenvalue weighted by Gasteiger charge is -2.21. The molecule has 114 valence electrons. The van der Waals surface area contributed by atoms with Crippen LogP contribution < -0.4 is 0 Å². The highest BCUT2D eigenvalue weighted by Crippen LogP contribution is 2.21. The van der Waals surface area contributed by atoms with Crippen LogP contribution in [0.15, 0.2) is 18.2 Å². The fraction of sp³-hybridized carbons (Fsp3) is 0.429. The van der Waals surface area contributed by atoms with Crippen LogP contribution in [0.2, 0.25) is 5.02 Å². The maximum absolute atomic E-state index is 13.4. The molecule has 7 heteroatoms. The van der Waals surface area contributed by atoms with E-state index in [1.165, 1.54) is 18.2 Å². The molecule has 0 unspecified atom stereocenters. The topological polar surface area (TPSA) is 60.9 Å². The number of benzene rings is 1. The fourth-order valence-corrected chi connectivity index (χ4v) is 2.57. The third kappa shape index (κ3) is 3.92. The average molecular weight is 315 g/mol. The summed E-state index contributed by atoms with van der Waals surface area (Å²) in [6.45, 7) is 1.96. The first-order valence-electron chi connectivity index (χ1n) is 6.66. The van der Waals surface area contributed by atoms with Crippen molar-refractivity contribution in [1.29, 1.82) is 0 Å². The molecule has 1 aromatic rings. The number of hydrogen-bond acceptors (Lipinski definition) is 3. The van der Waals surface area contributed by atoms with Crippen LogP contribution in [-0.4, -0.2) is 59.5 Å². The highest BCUT2D eigenvalue weighted by molar-refractivity contribution is 6.34. The molecule has 1 saturated heterocycles. The smallest absolute Gasteiger partial charge is 0.317 e. The normalized spacial score (nSPS) is 16.6. The second kappa shape index (κ2) is 6.87. The van der Waals surface area contributed by atoms with E-state index in [0.29, 0.717) is 32.6 Å². The van der Waals surface area contributed by atoms with E-state index >= 15 is 0 Å². The van der Waals surface area contributed by atoms with E-state index in [1.54, 1.807) is 9.80 Å². The van der Waals surface area contributed by atoms with E-state index in [0.717, 1.165) is 0 Å². The Kier molecular flexibility index (Phi) is 5.14. The van der Waals surface area contributed by atoms with Gasteiger partial charge in [0.1, 0.15) is 5.82 Å². The summed E-state index contributed by atoms with van der Waals surface area (Å²) < 4.78 is 13.4. The van der Waals surface area contributed by atoms with Crippen molar-refractivity contribution >= 4 is 23.5 Å². The lowest BCUT2D eigenvalue weighted by atomic mass is 10.2. The van der Waals surface area contributed by atoms with Crippen molar-refractivity contribution in [2.24, 2.45) is 0 Å². The maximum atomic E-state index is 13.4. The molecule has 0 spiro atoms. The van der Waals surface area contributed by atoms with Crippen LogP contribution in [-0.2, 0) is 4.79 Å². The summed E-state index contributed by atoms with van der Waals surface area (Å²) in [4.78, 5) is 26.5. The Morgan fingerprint density at radius 2 is 2.00 bits per heavy atom. The number of carboxylic acid groups (broad SMARTS) is 1. The van der Waals surface area contributed by atoms with Gasteiger partial charge < -0.3 is 10.0 Å². The third-order valence-corrected chi connectivity index (χ3v) is 3.80. The first-order chi connectivity index (χ1) is 9.99. The van der Waals surface area contributed by atoms with Crippen LogP contribution in [0.1, 0.15) is 16.8 Å². The predicted octanol–water partition coefficient (Wildman–Crippen LogP) is 1.71. The predicted molar refractivity (Wildman–Crippen MR) is 76.0 cm³/mol. The molecule has 1 amide bonds. The number of carbonyl (C=O) groups is 2. The summed E-state index contributed by atoms with van der Waals surface area (Å²) in [5, 5.41) is 8.62. The number of carboxylic acids is 1. The van der Waals surface area contributed by atoms with Gasteiger partial charge in [0.05, 0.1) is 17.1 Å². The summed E-state index contributed by atoms with van der Waals surface area (Å²) in [6, 6.07) is 4.15. The van der Waals surface area contributed by atoms with Crippen LogP contribution in [0.5, 0.6) is 0 Å². The quantitative estimate of drug-likeness (QED) is 0.922. The Balaban J connectivity index is 2.06. The van der Waals surface area contributed by atoms with Gasteiger partial charge in [-0.15, -0.1) is 0 Å². The van der Waals surface area contributed by atoms with Crippen molar-refractivity contribution in [2.45, 2.75) is 6.42 Å². The largest absolute Gasteiger partial charge is 0.480 e. The summed E-state index contributed by atoms with van der Waals surface area (Å²) in [7, 11) is 0. The van der Waals surface area contributed by atoms with Crippen molar-refractivity contribution in [1.82, 2.24) is 9.80 Å². The van der Waals surface area contributed by atoms with Crippen LogP contribution in [0.25, 0.3) is 0 Å². The number of aliphatic carboxylic acids is 1. The minimum Gasteiger partial charge on any atom is -0.480 e. The Labute approximate surface area is 126 Å². The molecule has 0 aromatic heterocycles. The number of amides is 1. The number of hydrogen-bond donors (Lipinski definition) is 1. The molecule has 0 radical (unpaired) electrons. The van der Waals surface area contributed by atoms with Gasteiger partial charge in [-0.3, -0.25) is 14.5 Å². The Morgan fingerprint density at radius 3 is 2.71 bits per heavy atom. The molecule has 21 heavy (non-hydrogen) atoms.